The Morgan fingerprint density at radius 3 is 1.86 bits per heavy atom. The summed E-state index contributed by atoms with van der Waals surface area (Å²) in [6.07, 6.45) is 0.625. The first-order valence-electron chi connectivity index (χ1n) is 6.72. The molecule has 2 aliphatic rings. The predicted octanol–water partition coefficient (Wildman–Crippen LogP) is -1.09. The Morgan fingerprint density at radius 2 is 1.38 bits per heavy atom. The normalized spacial score (nSPS) is 20.6. The van der Waals surface area contributed by atoms with Crippen molar-refractivity contribution >= 4 is 16.3 Å². The molecule has 0 aromatic rings. The average molecular weight is 326 g/mol. The molecule has 10 heteroatoms. The molecule has 0 spiro atoms. The number of rotatable bonds is 3. The van der Waals surface area contributed by atoms with Crippen LogP contribution in [0.3, 0.4) is 0 Å². The second-order valence-corrected chi connectivity index (χ2v) is 5.54. The van der Waals surface area contributed by atoms with Gasteiger partial charge in [0.05, 0.1) is 26.4 Å². The zero-order valence-corrected chi connectivity index (χ0v) is 12.6. The van der Waals surface area contributed by atoms with Crippen LogP contribution in [-0.2, 0) is 24.7 Å². The van der Waals surface area contributed by atoms with Crippen molar-refractivity contribution in [3.05, 3.63) is 0 Å². The van der Waals surface area contributed by atoms with Gasteiger partial charge < -0.3 is 14.4 Å². The lowest BCUT2D eigenvalue weighted by Gasteiger charge is -2.29. The van der Waals surface area contributed by atoms with Crippen LogP contribution in [-0.4, -0.2) is 92.4 Å². The first-order valence-corrected chi connectivity index (χ1v) is 8.11. The molecule has 0 aromatic carbocycles. The van der Waals surface area contributed by atoms with E-state index < -0.39 is 10.4 Å². The van der Waals surface area contributed by atoms with Crippen molar-refractivity contribution in [3.63, 3.8) is 0 Å². The summed E-state index contributed by atoms with van der Waals surface area (Å²) < 4.78 is 42.1. The van der Waals surface area contributed by atoms with Crippen LogP contribution in [0.15, 0.2) is 0 Å². The average Bonchev–Trinajstić information content (AvgIpc) is 2.45. The van der Waals surface area contributed by atoms with E-state index >= 15 is 0 Å². The summed E-state index contributed by atoms with van der Waals surface area (Å²) in [7, 11) is -4.67. The standard InChI is InChI=1S/C11H20N2O3.H2O4S/c14-11(13-5-9-16-10-6-13)1-2-12-3-7-15-8-4-12;1-5(2,3)4/h1-10H2;(H2,1,2,3,4). The molecule has 0 radical (unpaired) electrons. The van der Waals surface area contributed by atoms with Crippen molar-refractivity contribution in [3.8, 4) is 0 Å². The number of carbonyl (C=O) groups is 1. The summed E-state index contributed by atoms with van der Waals surface area (Å²) in [6, 6.07) is 0. The maximum absolute atomic E-state index is 11.9. The fourth-order valence-corrected chi connectivity index (χ4v) is 2.05. The molecule has 0 aliphatic carbocycles. The Hall–Kier alpha value is -0.780. The van der Waals surface area contributed by atoms with Crippen LogP contribution in [0.25, 0.3) is 0 Å². The zero-order chi connectivity index (χ0) is 15.7. The van der Waals surface area contributed by atoms with Crippen LogP contribution >= 0.6 is 0 Å². The minimum atomic E-state index is -4.67. The van der Waals surface area contributed by atoms with Gasteiger partial charge in [-0.15, -0.1) is 0 Å². The highest BCUT2D eigenvalue weighted by molar-refractivity contribution is 7.79. The molecule has 0 saturated carbocycles. The summed E-state index contributed by atoms with van der Waals surface area (Å²) in [5.41, 5.74) is 0. The van der Waals surface area contributed by atoms with Crippen LogP contribution in [0, 0.1) is 0 Å². The number of amides is 1. The third kappa shape index (κ3) is 9.72. The molecule has 9 nitrogen and oxygen atoms in total. The molecule has 2 fully saturated rings. The first-order chi connectivity index (χ1) is 9.86. The smallest absolute Gasteiger partial charge is 0.379 e. The third-order valence-corrected chi connectivity index (χ3v) is 3.11. The molecule has 0 unspecified atom stereocenters. The van der Waals surface area contributed by atoms with Gasteiger partial charge in [0, 0.05) is 39.1 Å². The number of hydrogen-bond donors (Lipinski definition) is 2. The van der Waals surface area contributed by atoms with Gasteiger partial charge in [0.2, 0.25) is 5.91 Å². The largest absolute Gasteiger partial charge is 0.394 e. The molecule has 1 amide bonds. The lowest BCUT2D eigenvalue weighted by Crippen LogP contribution is -2.43. The van der Waals surface area contributed by atoms with Crippen molar-refractivity contribution in [2.75, 3.05) is 59.2 Å². The second kappa shape index (κ2) is 9.28. The van der Waals surface area contributed by atoms with E-state index in [0.29, 0.717) is 19.6 Å². The van der Waals surface area contributed by atoms with Crippen LogP contribution in [0.4, 0.5) is 0 Å². The molecule has 124 valence electrons. The quantitative estimate of drug-likeness (QED) is 0.629. The van der Waals surface area contributed by atoms with Crippen LogP contribution < -0.4 is 0 Å². The highest BCUT2D eigenvalue weighted by Crippen LogP contribution is 2.03. The molecule has 2 aliphatic heterocycles. The number of ether oxygens (including phenoxy) is 2. The second-order valence-electron chi connectivity index (χ2n) is 4.65. The summed E-state index contributed by atoms with van der Waals surface area (Å²) in [5, 5.41) is 0. The van der Waals surface area contributed by atoms with Gasteiger partial charge in [-0.25, -0.2) is 0 Å². The van der Waals surface area contributed by atoms with Gasteiger partial charge in [0.25, 0.3) is 0 Å². The number of nitrogens with zero attached hydrogens (tertiary/aromatic N) is 2. The lowest BCUT2D eigenvalue weighted by molar-refractivity contribution is -0.135. The molecule has 21 heavy (non-hydrogen) atoms. The molecule has 2 N–H and O–H groups in total. The fourth-order valence-electron chi connectivity index (χ4n) is 2.05. The molecule has 2 saturated heterocycles. The zero-order valence-electron chi connectivity index (χ0n) is 11.8. The SMILES string of the molecule is O=C(CCN1CCOCC1)N1CCOCC1.O=S(=O)(O)O. The Balaban J connectivity index is 0.000000383. The predicted molar refractivity (Wildman–Crippen MR) is 73.5 cm³/mol. The van der Waals surface area contributed by atoms with Gasteiger partial charge in [0.1, 0.15) is 0 Å². The first kappa shape index (κ1) is 18.3. The monoisotopic (exact) mass is 326 g/mol. The van der Waals surface area contributed by atoms with Crippen molar-refractivity contribution < 1.29 is 31.8 Å². The summed E-state index contributed by atoms with van der Waals surface area (Å²) >= 11 is 0. The molecule has 0 atom stereocenters. The minimum absolute atomic E-state index is 0.259. The molecule has 2 heterocycles. The van der Waals surface area contributed by atoms with Gasteiger partial charge in [0.15, 0.2) is 0 Å². The highest BCUT2D eigenvalue weighted by Gasteiger charge is 2.18. The Bertz CT molecular complexity index is 395. The number of carbonyl (C=O) groups excluding carboxylic acids is 1. The topological polar surface area (TPSA) is 117 Å². The number of hydrogen-bond acceptors (Lipinski definition) is 6. The van der Waals surface area contributed by atoms with E-state index in [0.717, 1.165) is 45.9 Å². The summed E-state index contributed by atoms with van der Waals surface area (Å²) in [6.45, 7) is 7.24. The number of morpholine rings is 2. The van der Waals surface area contributed by atoms with Gasteiger partial charge >= 0.3 is 10.4 Å². The molecule has 0 bridgehead atoms. The van der Waals surface area contributed by atoms with Crippen LogP contribution in [0.2, 0.25) is 0 Å². The minimum Gasteiger partial charge on any atom is -0.379 e. The van der Waals surface area contributed by atoms with E-state index in [1.807, 2.05) is 4.90 Å². The van der Waals surface area contributed by atoms with Crippen molar-refractivity contribution in [2.45, 2.75) is 6.42 Å². The van der Waals surface area contributed by atoms with E-state index in [2.05, 4.69) is 4.90 Å². The maximum atomic E-state index is 11.9. The van der Waals surface area contributed by atoms with E-state index in [4.69, 9.17) is 27.0 Å². The van der Waals surface area contributed by atoms with Crippen molar-refractivity contribution in [1.82, 2.24) is 9.80 Å². The molecular weight excluding hydrogens is 304 g/mol. The molecule has 2 rings (SSSR count). The molecule has 0 aromatic heterocycles. The van der Waals surface area contributed by atoms with Gasteiger partial charge in [-0.05, 0) is 0 Å². The maximum Gasteiger partial charge on any atom is 0.394 e. The van der Waals surface area contributed by atoms with Crippen molar-refractivity contribution in [2.24, 2.45) is 0 Å². The summed E-state index contributed by atoms with van der Waals surface area (Å²) in [5.74, 6) is 0.259. The van der Waals surface area contributed by atoms with Crippen molar-refractivity contribution in [1.29, 1.82) is 0 Å². The lowest BCUT2D eigenvalue weighted by atomic mass is 10.3. The van der Waals surface area contributed by atoms with Gasteiger partial charge in [-0.1, -0.05) is 0 Å². The Labute approximate surface area is 124 Å². The fraction of sp³-hybridized carbons (Fsp3) is 0.909. The van der Waals surface area contributed by atoms with E-state index in [9.17, 15) is 4.79 Å². The Kier molecular flexibility index (Phi) is 8.07. The third-order valence-electron chi connectivity index (χ3n) is 3.11. The highest BCUT2D eigenvalue weighted by atomic mass is 32.3. The molecular formula is C11H22N2O7S. The van der Waals surface area contributed by atoms with Crippen LogP contribution in [0.1, 0.15) is 6.42 Å². The van der Waals surface area contributed by atoms with E-state index in [-0.39, 0.29) is 5.91 Å². The van der Waals surface area contributed by atoms with Gasteiger partial charge in [-0.2, -0.15) is 8.42 Å². The summed E-state index contributed by atoms with van der Waals surface area (Å²) in [4.78, 5) is 16.1. The Morgan fingerprint density at radius 1 is 0.952 bits per heavy atom. The van der Waals surface area contributed by atoms with Gasteiger partial charge in [-0.3, -0.25) is 18.8 Å². The van der Waals surface area contributed by atoms with E-state index in [1.165, 1.54) is 0 Å². The van der Waals surface area contributed by atoms with Crippen LogP contribution in [0.5, 0.6) is 0 Å². The van der Waals surface area contributed by atoms with E-state index in [1.54, 1.807) is 0 Å².